The zero-order valence-electron chi connectivity index (χ0n) is 17.0. The van der Waals surface area contributed by atoms with Gasteiger partial charge in [0.2, 0.25) is 5.91 Å². The SMILES string of the molecule is Cc1cn2c(CN(C)C(=O)CCN3C(=O)C(C)Oc4ccccc43)c(C)nc2s1. The lowest BCUT2D eigenvalue weighted by Crippen LogP contribution is -2.45. The number of anilines is 1. The Kier molecular flexibility index (Phi) is 5.04. The van der Waals surface area contributed by atoms with Crippen molar-refractivity contribution in [1.82, 2.24) is 14.3 Å². The molecular weight excluding hydrogens is 388 g/mol. The fraction of sp³-hybridized carbons (Fsp3) is 0.381. The van der Waals surface area contributed by atoms with E-state index < -0.39 is 6.10 Å². The van der Waals surface area contributed by atoms with Gasteiger partial charge in [0.1, 0.15) is 5.75 Å². The summed E-state index contributed by atoms with van der Waals surface area (Å²) in [7, 11) is 1.79. The third-order valence-electron chi connectivity index (χ3n) is 5.18. The van der Waals surface area contributed by atoms with Crippen LogP contribution in [-0.2, 0) is 16.1 Å². The molecule has 2 aromatic heterocycles. The standard InChI is InChI=1S/C21H24N4O3S/c1-13-11-25-17(14(2)22-21(25)29-13)12-23(4)19(26)9-10-24-16-7-5-6-8-18(16)28-15(3)20(24)27/h5-8,11,15H,9-10,12H2,1-4H3. The number of imidazole rings is 1. The van der Waals surface area contributed by atoms with E-state index in [0.717, 1.165) is 16.3 Å². The summed E-state index contributed by atoms with van der Waals surface area (Å²) in [4.78, 5) is 35.4. The molecule has 2 amide bonds. The summed E-state index contributed by atoms with van der Waals surface area (Å²) in [5.74, 6) is 0.530. The quantitative estimate of drug-likeness (QED) is 0.646. The monoisotopic (exact) mass is 412 g/mol. The average Bonchev–Trinajstić information content (AvgIpc) is 3.17. The first-order valence-corrected chi connectivity index (χ1v) is 10.4. The maximum Gasteiger partial charge on any atom is 0.267 e. The number of rotatable bonds is 5. The number of nitrogens with zero attached hydrogens (tertiary/aromatic N) is 4. The predicted molar refractivity (Wildman–Crippen MR) is 113 cm³/mol. The lowest BCUT2D eigenvalue weighted by atomic mass is 10.1. The fourth-order valence-corrected chi connectivity index (χ4v) is 4.49. The van der Waals surface area contributed by atoms with Crippen LogP contribution in [0.4, 0.5) is 5.69 Å². The molecule has 0 radical (unpaired) electrons. The smallest absolute Gasteiger partial charge is 0.267 e. The number of aryl methyl sites for hydroxylation is 2. The number of hydrogen-bond donors (Lipinski definition) is 0. The van der Waals surface area contributed by atoms with Gasteiger partial charge >= 0.3 is 0 Å². The van der Waals surface area contributed by atoms with Gasteiger partial charge in [-0.1, -0.05) is 12.1 Å². The van der Waals surface area contributed by atoms with Crippen molar-refractivity contribution in [2.45, 2.75) is 39.8 Å². The highest BCUT2D eigenvalue weighted by Crippen LogP contribution is 2.33. The highest BCUT2D eigenvalue weighted by atomic mass is 32.1. The number of ether oxygens (including phenoxy) is 1. The van der Waals surface area contributed by atoms with Crippen LogP contribution in [0.3, 0.4) is 0 Å². The maximum absolute atomic E-state index is 12.8. The van der Waals surface area contributed by atoms with Gasteiger partial charge in [0.15, 0.2) is 11.1 Å². The van der Waals surface area contributed by atoms with E-state index in [1.54, 1.807) is 35.1 Å². The van der Waals surface area contributed by atoms with E-state index in [9.17, 15) is 9.59 Å². The maximum atomic E-state index is 12.8. The van der Waals surface area contributed by atoms with Gasteiger partial charge in [-0.3, -0.25) is 14.0 Å². The topological polar surface area (TPSA) is 67.2 Å². The van der Waals surface area contributed by atoms with Gasteiger partial charge in [0, 0.05) is 31.1 Å². The minimum Gasteiger partial charge on any atom is -0.479 e. The van der Waals surface area contributed by atoms with E-state index in [0.29, 0.717) is 24.5 Å². The van der Waals surface area contributed by atoms with E-state index >= 15 is 0 Å². The Hall–Kier alpha value is -2.87. The highest BCUT2D eigenvalue weighted by Gasteiger charge is 2.31. The van der Waals surface area contributed by atoms with Crippen molar-refractivity contribution in [2.75, 3.05) is 18.5 Å². The minimum atomic E-state index is -0.553. The van der Waals surface area contributed by atoms with Crippen LogP contribution in [0.1, 0.15) is 29.6 Å². The number of amides is 2. The van der Waals surface area contributed by atoms with Crippen LogP contribution in [0.25, 0.3) is 4.96 Å². The third kappa shape index (κ3) is 3.60. The van der Waals surface area contributed by atoms with Crippen LogP contribution in [0.2, 0.25) is 0 Å². The number of aromatic nitrogens is 2. The lowest BCUT2D eigenvalue weighted by molar-refractivity contribution is -0.130. The van der Waals surface area contributed by atoms with Crippen molar-refractivity contribution in [2.24, 2.45) is 0 Å². The molecule has 7 nitrogen and oxygen atoms in total. The van der Waals surface area contributed by atoms with Gasteiger partial charge in [-0.2, -0.15) is 0 Å². The minimum absolute atomic E-state index is 0.0178. The van der Waals surface area contributed by atoms with Crippen LogP contribution in [-0.4, -0.2) is 45.8 Å². The molecule has 0 spiro atoms. The molecule has 1 atom stereocenters. The number of hydrogen-bond acceptors (Lipinski definition) is 5. The molecule has 0 bridgehead atoms. The molecule has 0 aliphatic carbocycles. The first-order chi connectivity index (χ1) is 13.8. The van der Waals surface area contributed by atoms with Crippen molar-refractivity contribution in [3.05, 3.63) is 46.7 Å². The van der Waals surface area contributed by atoms with Crippen LogP contribution in [0.5, 0.6) is 5.75 Å². The second-order valence-corrected chi connectivity index (χ2v) is 8.57. The molecular formula is C21H24N4O3S. The fourth-order valence-electron chi connectivity index (χ4n) is 3.60. The molecule has 1 aliphatic heterocycles. The second-order valence-electron chi connectivity index (χ2n) is 7.36. The summed E-state index contributed by atoms with van der Waals surface area (Å²) in [5, 5.41) is 0. The van der Waals surface area contributed by atoms with Gasteiger partial charge in [0.25, 0.3) is 5.91 Å². The molecule has 29 heavy (non-hydrogen) atoms. The average molecular weight is 413 g/mol. The zero-order chi connectivity index (χ0) is 20.7. The number of carbonyl (C=O) groups is 2. The molecule has 3 heterocycles. The number of carbonyl (C=O) groups excluding carboxylic acids is 2. The summed E-state index contributed by atoms with van der Waals surface area (Å²) in [6.45, 7) is 6.55. The van der Waals surface area contributed by atoms with Crippen molar-refractivity contribution in [3.8, 4) is 5.75 Å². The van der Waals surface area contributed by atoms with Crippen LogP contribution >= 0.6 is 11.3 Å². The molecule has 0 saturated carbocycles. The molecule has 1 unspecified atom stereocenters. The predicted octanol–water partition coefficient (Wildman–Crippen LogP) is 3.18. The van der Waals surface area contributed by atoms with Crippen molar-refractivity contribution >= 4 is 33.8 Å². The van der Waals surface area contributed by atoms with Gasteiger partial charge in [-0.25, -0.2) is 4.98 Å². The number of para-hydroxylation sites is 2. The Balaban J connectivity index is 1.45. The van der Waals surface area contributed by atoms with Crippen LogP contribution in [0, 0.1) is 13.8 Å². The van der Waals surface area contributed by atoms with E-state index in [1.165, 1.54) is 4.88 Å². The van der Waals surface area contributed by atoms with Crippen molar-refractivity contribution in [3.63, 3.8) is 0 Å². The first-order valence-electron chi connectivity index (χ1n) is 9.60. The first kappa shape index (κ1) is 19.4. The molecule has 0 fully saturated rings. The molecule has 152 valence electrons. The van der Waals surface area contributed by atoms with Gasteiger partial charge in [-0.15, -0.1) is 11.3 Å². The Morgan fingerprint density at radius 2 is 2.07 bits per heavy atom. The normalized spacial score (nSPS) is 16.1. The van der Waals surface area contributed by atoms with Gasteiger partial charge in [0.05, 0.1) is 23.6 Å². The van der Waals surface area contributed by atoms with E-state index in [2.05, 4.69) is 15.6 Å². The third-order valence-corrected chi connectivity index (χ3v) is 6.07. The van der Waals surface area contributed by atoms with Crippen molar-refractivity contribution < 1.29 is 14.3 Å². The van der Waals surface area contributed by atoms with E-state index in [4.69, 9.17) is 4.74 Å². The molecule has 3 aromatic rings. The van der Waals surface area contributed by atoms with E-state index in [1.807, 2.05) is 38.1 Å². The summed E-state index contributed by atoms with van der Waals surface area (Å²) in [6.07, 6.45) is 1.74. The Morgan fingerprint density at radius 1 is 1.31 bits per heavy atom. The number of thiazole rings is 1. The Morgan fingerprint density at radius 3 is 2.86 bits per heavy atom. The summed E-state index contributed by atoms with van der Waals surface area (Å²) in [5.41, 5.74) is 2.66. The Bertz CT molecular complexity index is 1090. The lowest BCUT2D eigenvalue weighted by Gasteiger charge is -2.33. The summed E-state index contributed by atoms with van der Waals surface area (Å²) < 4.78 is 7.72. The summed E-state index contributed by atoms with van der Waals surface area (Å²) in [6, 6.07) is 7.43. The van der Waals surface area contributed by atoms with Crippen LogP contribution in [0.15, 0.2) is 30.5 Å². The Labute approximate surface area is 173 Å². The molecule has 1 aliphatic rings. The van der Waals surface area contributed by atoms with Crippen molar-refractivity contribution in [1.29, 1.82) is 0 Å². The zero-order valence-corrected chi connectivity index (χ0v) is 17.8. The second kappa shape index (κ2) is 7.51. The molecule has 1 aromatic carbocycles. The van der Waals surface area contributed by atoms with Crippen LogP contribution < -0.4 is 9.64 Å². The molecule has 4 rings (SSSR count). The molecule has 8 heteroatoms. The highest BCUT2D eigenvalue weighted by molar-refractivity contribution is 7.17. The number of benzene rings is 1. The summed E-state index contributed by atoms with van der Waals surface area (Å²) >= 11 is 1.64. The van der Waals surface area contributed by atoms with E-state index in [-0.39, 0.29) is 18.2 Å². The molecule has 0 N–H and O–H groups in total. The van der Waals surface area contributed by atoms with Gasteiger partial charge < -0.3 is 14.5 Å². The van der Waals surface area contributed by atoms with Gasteiger partial charge in [-0.05, 0) is 32.9 Å². The largest absolute Gasteiger partial charge is 0.479 e. The number of fused-ring (bicyclic) bond motifs is 2. The molecule has 0 saturated heterocycles.